The Morgan fingerprint density at radius 3 is 2.53 bits per heavy atom. The van der Waals surface area contributed by atoms with Gasteiger partial charge in [-0.2, -0.15) is 13.2 Å². The first-order valence-corrected chi connectivity index (χ1v) is 10.6. The number of likely N-dealkylation sites (N-methyl/N-ethyl adjacent to an activating group) is 1. The Kier molecular flexibility index (Phi) is 7.37. The second-order valence-electron chi connectivity index (χ2n) is 7.81. The maximum absolute atomic E-state index is 13.6. The first-order valence-electron chi connectivity index (χ1n) is 10.3. The summed E-state index contributed by atoms with van der Waals surface area (Å²) in [5.41, 5.74) is -1.87. The highest BCUT2D eigenvalue weighted by Gasteiger charge is 2.62. The van der Waals surface area contributed by atoms with Crippen molar-refractivity contribution in [3.05, 3.63) is 64.7 Å². The summed E-state index contributed by atoms with van der Waals surface area (Å²) in [5, 5.41) is 5.55. The minimum Gasteiger partial charge on any atom is -0.415 e. The third-order valence-corrected chi connectivity index (χ3v) is 5.38. The van der Waals surface area contributed by atoms with Crippen LogP contribution in [0.2, 0.25) is 5.02 Å². The topological polar surface area (TPSA) is 50.4 Å². The number of cyclic esters (lactones) is 1. The zero-order chi connectivity index (χ0) is 23.4. The van der Waals surface area contributed by atoms with Gasteiger partial charge in [-0.15, -0.1) is 0 Å². The average Bonchev–Trinajstić information content (AvgIpc) is 3.57. The van der Waals surface area contributed by atoms with E-state index in [0.29, 0.717) is 6.04 Å². The summed E-state index contributed by atoms with van der Waals surface area (Å²) < 4.78 is 45.4. The number of rotatable bonds is 3. The molecule has 2 atom stereocenters. The number of alkyl halides is 3. The maximum Gasteiger partial charge on any atom is 0.445 e. The smallest absolute Gasteiger partial charge is 0.415 e. The van der Waals surface area contributed by atoms with Crippen LogP contribution >= 0.6 is 11.6 Å². The molecule has 2 N–H and O–H groups in total. The van der Waals surface area contributed by atoms with Gasteiger partial charge in [-0.3, -0.25) is 5.32 Å². The molecule has 0 unspecified atom stereocenters. The Hall–Kier alpha value is -2.69. The Morgan fingerprint density at radius 1 is 1.25 bits per heavy atom. The van der Waals surface area contributed by atoms with Crippen molar-refractivity contribution in [2.75, 3.05) is 12.4 Å². The zero-order valence-corrected chi connectivity index (χ0v) is 18.5. The summed E-state index contributed by atoms with van der Waals surface area (Å²) in [6.45, 7) is 2.19. The summed E-state index contributed by atoms with van der Waals surface area (Å²) in [6.07, 6.45) is -3.43. The Bertz CT molecular complexity index is 1010. The molecule has 0 bridgehead atoms. The normalized spacial score (nSPS) is 20.4. The highest BCUT2D eigenvalue weighted by molar-refractivity contribution is 6.30. The molecule has 4 nitrogen and oxygen atoms in total. The number of carbonyl (C=O) groups excluding carboxylic acids is 1. The standard InChI is InChI=1S/C14H9ClF3NO2.C10H15N/c15-9-3-4-11-10(7-9)13(14(16,17)18,21-12(20)19-11)6-5-8-1-2-8;1-9(11-2)8-10-6-4-3-5-7-10/h3-4,7-8H,1-2H2,(H,19,20);3-7,9,11H,8H2,1-2H3/t13-;9-/m00/s1. The lowest BCUT2D eigenvalue weighted by atomic mass is 9.90. The minimum atomic E-state index is -4.87. The molecule has 8 heteroatoms. The molecule has 1 saturated carbocycles. The van der Waals surface area contributed by atoms with Crippen LogP contribution in [0.25, 0.3) is 0 Å². The van der Waals surface area contributed by atoms with Gasteiger partial charge in [-0.1, -0.05) is 47.9 Å². The number of benzene rings is 2. The number of hydrogen-bond acceptors (Lipinski definition) is 3. The van der Waals surface area contributed by atoms with Crippen LogP contribution in [0.3, 0.4) is 0 Å². The molecule has 32 heavy (non-hydrogen) atoms. The van der Waals surface area contributed by atoms with E-state index in [1.54, 1.807) is 0 Å². The number of nitrogens with one attached hydrogen (secondary N) is 2. The van der Waals surface area contributed by atoms with Crippen LogP contribution in [-0.2, 0) is 16.8 Å². The van der Waals surface area contributed by atoms with Gasteiger partial charge in [0.15, 0.2) is 0 Å². The van der Waals surface area contributed by atoms with E-state index in [4.69, 9.17) is 11.6 Å². The van der Waals surface area contributed by atoms with E-state index in [1.165, 1.54) is 17.7 Å². The van der Waals surface area contributed by atoms with Crippen LogP contribution in [0.15, 0.2) is 48.5 Å². The van der Waals surface area contributed by atoms with Gasteiger partial charge in [-0.05, 0) is 62.9 Å². The molecule has 1 heterocycles. The van der Waals surface area contributed by atoms with Crippen LogP contribution in [0.1, 0.15) is 30.9 Å². The van der Waals surface area contributed by atoms with Crippen LogP contribution in [-0.4, -0.2) is 25.4 Å². The van der Waals surface area contributed by atoms with Gasteiger partial charge in [-0.25, -0.2) is 4.79 Å². The number of halogens is 4. The van der Waals surface area contributed by atoms with E-state index in [9.17, 15) is 18.0 Å². The van der Waals surface area contributed by atoms with E-state index in [2.05, 4.69) is 58.4 Å². The Morgan fingerprint density at radius 2 is 1.94 bits per heavy atom. The molecule has 0 radical (unpaired) electrons. The van der Waals surface area contributed by atoms with Crippen molar-refractivity contribution >= 4 is 23.4 Å². The maximum atomic E-state index is 13.6. The number of carbonyl (C=O) groups is 1. The third kappa shape index (κ3) is 5.76. The van der Waals surface area contributed by atoms with Crippen molar-refractivity contribution in [2.24, 2.45) is 5.92 Å². The van der Waals surface area contributed by atoms with Crippen molar-refractivity contribution < 1.29 is 22.7 Å². The first-order chi connectivity index (χ1) is 15.1. The highest BCUT2D eigenvalue weighted by Crippen LogP contribution is 2.48. The summed E-state index contributed by atoms with van der Waals surface area (Å²) in [4.78, 5) is 11.5. The molecule has 0 spiro atoms. The van der Waals surface area contributed by atoms with Crippen molar-refractivity contribution in [3.63, 3.8) is 0 Å². The number of amides is 1. The average molecular weight is 465 g/mol. The van der Waals surface area contributed by atoms with Crippen LogP contribution in [0.4, 0.5) is 23.7 Å². The van der Waals surface area contributed by atoms with Gasteiger partial charge in [0, 0.05) is 22.5 Å². The molecule has 1 aliphatic heterocycles. The lowest BCUT2D eigenvalue weighted by Gasteiger charge is -2.35. The van der Waals surface area contributed by atoms with Crippen molar-refractivity contribution in [1.29, 1.82) is 0 Å². The lowest BCUT2D eigenvalue weighted by molar-refractivity contribution is -0.239. The van der Waals surface area contributed by atoms with Gasteiger partial charge in [0.1, 0.15) is 0 Å². The van der Waals surface area contributed by atoms with E-state index < -0.39 is 17.9 Å². The molecular weight excluding hydrogens is 441 g/mol. The fourth-order valence-corrected chi connectivity index (χ4v) is 3.29. The number of ether oxygens (including phenoxy) is 1. The first kappa shape index (κ1) is 24.0. The van der Waals surface area contributed by atoms with Crippen molar-refractivity contribution in [3.8, 4) is 11.8 Å². The van der Waals surface area contributed by atoms with E-state index in [-0.39, 0.29) is 22.2 Å². The molecule has 1 aliphatic carbocycles. The second-order valence-corrected chi connectivity index (χ2v) is 8.24. The Balaban J connectivity index is 0.000000222. The largest absolute Gasteiger partial charge is 0.445 e. The molecular formula is C24H24ClF3N2O2. The zero-order valence-electron chi connectivity index (χ0n) is 17.7. The van der Waals surface area contributed by atoms with Crippen LogP contribution < -0.4 is 10.6 Å². The fraction of sp³-hybridized carbons (Fsp3) is 0.375. The molecule has 1 fully saturated rings. The van der Waals surface area contributed by atoms with Crippen LogP contribution in [0, 0.1) is 17.8 Å². The second kappa shape index (κ2) is 9.85. The molecule has 2 aliphatic rings. The number of hydrogen-bond donors (Lipinski definition) is 2. The van der Waals surface area contributed by atoms with Gasteiger partial charge in [0.05, 0.1) is 5.69 Å². The van der Waals surface area contributed by atoms with Crippen molar-refractivity contribution in [1.82, 2.24) is 5.32 Å². The molecule has 4 rings (SSSR count). The summed E-state index contributed by atoms with van der Waals surface area (Å²) in [7, 11) is 1.99. The number of anilines is 1. The monoisotopic (exact) mass is 464 g/mol. The van der Waals surface area contributed by atoms with Gasteiger partial charge in [0.25, 0.3) is 5.60 Å². The van der Waals surface area contributed by atoms with Gasteiger partial charge in [0.2, 0.25) is 0 Å². The Labute approximate surface area is 190 Å². The molecule has 0 aromatic heterocycles. The summed E-state index contributed by atoms with van der Waals surface area (Å²) in [5.74, 6) is 4.60. The molecule has 1 amide bonds. The van der Waals surface area contributed by atoms with E-state index in [1.807, 2.05) is 13.1 Å². The quantitative estimate of drug-likeness (QED) is 0.555. The molecule has 2 aromatic rings. The SMILES string of the molecule is CN[C@@H](C)Cc1ccccc1.O=C1Nc2ccc(Cl)cc2[C@@](C#CC2CC2)(C(F)(F)F)O1. The lowest BCUT2D eigenvalue weighted by Crippen LogP contribution is -2.49. The molecule has 170 valence electrons. The van der Waals surface area contributed by atoms with E-state index >= 15 is 0 Å². The number of fused-ring (bicyclic) bond motifs is 1. The molecule has 0 saturated heterocycles. The van der Waals surface area contributed by atoms with Crippen LogP contribution in [0.5, 0.6) is 0 Å². The summed E-state index contributed by atoms with van der Waals surface area (Å²) in [6, 6.07) is 14.9. The predicted molar refractivity (Wildman–Crippen MR) is 118 cm³/mol. The molecule has 2 aromatic carbocycles. The van der Waals surface area contributed by atoms with Gasteiger partial charge >= 0.3 is 12.3 Å². The van der Waals surface area contributed by atoms with Gasteiger partial charge < -0.3 is 10.1 Å². The fourth-order valence-electron chi connectivity index (χ4n) is 3.12. The predicted octanol–water partition coefficient (Wildman–Crippen LogP) is 5.91. The highest BCUT2D eigenvalue weighted by atomic mass is 35.5. The van der Waals surface area contributed by atoms with E-state index in [0.717, 1.165) is 25.3 Å². The minimum absolute atomic E-state index is 0.00179. The summed E-state index contributed by atoms with van der Waals surface area (Å²) >= 11 is 5.78. The van der Waals surface area contributed by atoms with Crippen molar-refractivity contribution in [2.45, 2.75) is 44.0 Å². The third-order valence-electron chi connectivity index (χ3n) is 5.15.